The summed E-state index contributed by atoms with van der Waals surface area (Å²) in [5.74, 6) is 5.10. The highest BCUT2D eigenvalue weighted by Crippen LogP contribution is 2.05. The number of hydrazine groups is 1. The van der Waals surface area contributed by atoms with Crippen molar-refractivity contribution in [2.75, 3.05) is 26.2 Å². The van der Waals surface area contributed by atoms with Gasteiger partial charge in [0, 0.05) is 13.1 Å². The topological polar surface area (TPSA) is 53.3 Å². The second kappa shape index (κ2) is 5.29. The van der Waals surface area contributed by atoms with Crippen LogP contribution in [0.5, 0.6) is 0 Å². The first-order valence-electron chi connectivity index (χ1n) is 4.30. The van der Waals surface area contributed by atoms with Gasteiger partial charge in [0.1, 0.15) is 0 Å². The molecule has 0 radical (unpaired) electrons. The van der Waals surface area contributed by atoms with Gasteiger partial charge < -0.3 is 15.6 Å². The molecule has 70 valence electrons. The van der Waals surface area contributed by atoms with Crippen molar-refractivity contribution in [1.82, 2.24) is 15.6 Å². The molecule has 1 heterocycles. The lowest BCUT2D eigenvalue weighted by atomic mass is 10.4. The van der Waals surface area contributed by atoms with Crippen molar-refractivity contribution in [2.45, 2.75) is 12.8 Å². The van der Waals surface area contributed by atoms with Crippen molar-refractivity contribution in [3.8, 4) is 0 Å². The molecule has 4 nitrogen and oxygen atoms in total. The van der Waals surface area contributed by atoms with Crippen molar-refractivity contribution in [2.24, 2.45) is 5.84 Å². The van der Waals surface area contributed by atoms with Crippen LogP contribution in [0.2, 0.25) is 0 Å². The van der Waals surface area contributed by atoms with E-state index in [1.165, 1.54) is 25.9 Å². The Morgan fingerprint density at radius 2 is 2.08 bits per heavy atom. The van der Waals surface area contributed by atoms with Gasteiger partial charge in [-0.15, -0.1) is 0 Å². The van der Waals surface area contributed by atoms with E-state index in [-0.39, 0.29) is 0 Å². The molecule has 0 atom stereocenters. The maximum absolute atomic E-state index is 5.10. The Labute approximate surface area is 78.5 Å². The summed E-state index contributed by atoms with van der Waals surface area (Å²) in [6.07, 6.45) is 2.67. The molecule has 0 aromatic carbocycles. The fourth-order valence-corrected chi connectivity index (χ4v) is 1.49. The summed E-state index contributed by atoms with van der Waals surface area (Å²) in [5.41, 5.74) is 2.39. The highest BCUT2D eigenvalue weighted by Gasteiger charge is 2.09. The molecule has 1 fully saturated rings. The number of nitrogens with one attached hydrogen (secondary N) is 2. The molecule has 1 aliphatic heterocycles. The van der Waals surface area contributed by atoms with Crippen molar-refractivity contribution < 1.29 is 0 Å². The van der Waals surface area contributed by atoms with Crippen LogP contribution in [-0.2, 0) is 0 Å². The summed E-state index contributed by atoms with van der Waals surface area (Å²) >= 11 is 4.83. The minimum atomic E-state index is 0.522. The van der Waals surface area contributed by atoms with Crippen LogP contribution in [0, 0.1) is 0 Å². The second-order valence-corrected chi connectivity index (χ2v) is 3.36. The number of hydrogen-bond acceptors (Lipinski definition) is 3. The monoisotopic (exact) mass is 188 g/mol. The van der Waals surface area contributed by atoms with Crippen LogP contribution >= 0.6 is 12.2 Å². The molecule has 0 aliphatic carbocycles. The van der Waals surface area contributed by atoms with E-state index in [2.05, 4.69) is 15.6 Å². The van der Waals surface area contributed by atoms with E-state index in [4.69, 9.17) is 18.1 Å². The number of nitrogens with zero attached hydrogens (tertiary/aromatic N) is 1. The fraction of sp³-hybridized carbons (Fsp3) is 0.857. The molecule has 4 N–H and O–H groups in total. The first-order chi connectivity index (χ1) is 5.83. The molecule has 0 saturated carbocycles. The van der Waals surface area contributed by atoms with Crippen molar-refractivity contribution >= 4 is 17.3 Å². The third-order valence-corrected chi connectivity index (χ3v) is 2.31. The van der Waals surface area contributed by atoms with Crippen LogP contribution in [0.3, 0.4) is 0 Å². The summed E-state index contributed by atoms with van der Waals surface area (Å²) in [6, 6.07) is 0. The summed E-state index contributed by atoms with van der Waals surface area (Å²) in [7, 11) is 0. The maximum Gasteiger partial charge on any atom is 0.180 e. The van der Waals surface area contributed by atoms with Gasteiger partial charge in [-0.1, -0.05) is 0 Å². The average molecular weight is 188 g/mol. The highest BCUT2D eigenvalue weighted by atomic mass is 32.1. The van der Waals surface area contributed by atoms with Crippen molar-refractivity contribution in [1.29, 1.82) is 0 Å². The van der Waals surface area contributed by atoms with E-state index in [0.29, 0.717) is 5.11 Å². The zero-order chi connectivity index (χ0) is 8.81. The largest absolute Gasteiger partial charge is 0.360 e. The lowest BCUT2D eigenvalue weighted by Gasteiger charge is -2.15. The van der Waals surface area contributed by atoms with Crippen LogP contribution < -0.4 is 16.6 Å². The normalized spacial score (nSPS) is 17.8. The Balaban J connectivity index is 1.97. The van der Waals surface area contributed by atoms with E-state index in [9.17, 15) is 0 Å². The third kappa shape index (κ3) is 3.34. The first kappa shape index (κ1) is 9.70. The molecule has 1 rings (SSSR count). The number of hydrogen-bond donors (Lipinski definition) is 3. The summed E-state index contributed by atoms with van der Waals surface area (Å²) in [4.78, 5) is 2.42. The van der Waals surface area contributed by atoms with E-state index in [1.54, 1.807) is 0 Å². The molecule has 0 bridgehead atoms. The molecule has 1 aliphatic rings. The predicted octanol–water partition coefficient (Wildman–Crippen LogP) is -0.580. The van der Waals surface area contributed by atoms with E-state index in [1.807, 2.05) is 0 Å². The molecule has 0 unspecified atom stereocenters. The molecule has 0 aromatic rings. The summed E-state index contributed by atoms with van der Waals surface area (Å²) in [6.45, 7) is 4.39. The fourth-order valence-electron chi connectivity index (χ4n) is 1.38. The van der Waals surface area contributed by atoms with Crippen LogP contribution in [0.15, 0.2) is 0 Å². The number of rotatable bonds is 3. The zero-order valence-corrected chi connectivity index (χ0v) is 7.99. The van der Waals surface area contributed by atoms with Crippen LogP contribution in [0.25, 0.3) is 0 Å². The predicted molar refractivity (Wildman–Crippen MR) is 53.6 cm³/mol. The van der Waals surface area contributed by atoms with Gasteiger partial charge in [-0.05, 0) is 38.1 Å². The average Bonchev–Trinajstić information content (AvgIpc) is 2.57. The maximum atomic E-state index is 5.10. The van der Waals surface area contributed by atoms with Crippen LogP contribution in [0.1, 0.15) is 12.8 Å². The summed E-state index contributed by atoms with van der Waals surface area (Å²) in [5, 5.41) is 3.54. The highest BCUT2D eigenvalue weighted by molar-refractivity contribution is 7.80. The lowest BCUT2D eigenvalue weighted by Crippen LogP contribution is -2.42. The number of likely N-dealkylation sites (tertiary alicyclic amines) is 1. The van der Waals surface area contributed by atoms with Gasteiger partial charge in [-0.25, -0.2) is 5.84 Å². The van der Waals surface area contributed by atoms with E-state index >= 15 is 0 Å². The Morgan fingerprint density at radius 3 is 2.67 bits per heavy atom. The zero-order valence-electron chi connectivity index (χ0n) is 7.18. The third-order valence-electron chi connectivity index (χ3n) is 2.04. The summed E-state index contributed by atoms with van der Waals surface area (Å²) < 4.78 is 0. The Bertz CT molecular complexity index is 144. The lowest BCUT2D eigenvalue weighted by molar-refractivity contribution is 0.343. The number of thiocarbonyl (C=S) groups is 1. The molecule has 0 amide bonds. The van der Waals surface area contributed by atoms with Gasteiger partial charge >= 0.3 is 0 Å². The van der Waals surface area contributed by atoms with E-state index < -0.39 is 0 Å². The minimum absolute atomic E-state index is 0.522. The van der Waals surface area contributed by atoms with Gasteiger partial charge in [-0.2, -0.15) is 0 Å². The van der Waals surface area contributed by atoms with Gasteiger partial charge in [0.05, 0.1) is 0 Å². The molecule has 5 heteroatoms. The molecular weight excluding hydrogens is 172 g/mol. The molecule has 0 spiro atoms. The van der Waals surface area contributed by atoms with E-state index in [0.717, 1.165) is 13.1 Å². The second-order valence-electron chi connectivity index (χ2n) is 2.95. The Kier molecular flexibility index (Phi) is 4.27. The quantitative estimate of drug-likeness (QED) is 0.314. The Morgan fingerprint density at radius 1 is 1.42 bits per heavy atom. The minimum Gasteiger partial charge on any atom is -0.360 e. The van der Waals surface area contributed by atoms with Gasteiger partial charge in [-0.3, -0.25) is 0 Å². The standard InChI is InChI=1S/C7H16N4S/c8-10-7(12)9-3-6-11-4-1-2-5-11/h1-6,8H2,(H2,9,10,12). The van der Waals surface area contributed by atoms with Gasteiger partial charge in [0.25, 0.3) is 0 Å². The first-order valence-corrected chi connectivity index (χ1v) is 4.70. The molecular formula is C7H16N4S. The molecule has 0 aromatic heterocycles. The SMILES string of the molecule is NNC(=S)NCCN1CCCC1. The van der Waals surface area contributed by atoms with Gasteiger partial charge in [0.15, 0.2) is 5.11 Å². The Hall–Kier alpha value is -0.390. The number of nitrogens with two attached hydrogens (primary N) is 1. The van der Waals surface area contributed by atoms with Gasteiger partial charge in [0.2, 0.25) is 0 Å². The molecule has 1 saturated heterocycles. The smallest absolute Gasteiger partial charge is 0.180 e. The van der Waals surface area contributed by atoms with Crippen LogP contribution in [0.4, 0.5) is 0 Å². The van der Waals surface area contributed by atoms with Crippen molar-refractivity contribution in [3.05, 3.63) is 0 Å². The van der Waals surface area contributed by atoms with Crippen LogP contribution in [-0.4, -0.2) is 36.2 Å². The van der Waals surface area contributed by atoms with Crippen molar-refractivity contribution in [3.63, 3.8) is 0 Å². The molecule has 12 heavy (non-hydrogen) atoms.